The molecule has 0 heterocycles. The largest absolute Gasteiger partial charge is 0.398 e. The van der Waals surface area contributed by atoms with Gasteiger partial charge >= 0.3 is 0 Å². The highest BCUT2D eigenvalue weighted by molar-refractivity contribution is 9.10. The van der Waals surface area contributed by atoms with E-state index in [1.54, 1.807) is 40.0 Å². The highest BCUT2D eigenvalue weighted by Crippen LogP contribution is 2.23. The summed E-state index contributed by atoms with van der Waals surface area (Å²) in [6.07, 6.45) is 0. The molecular formula is C14H20BrN3O2. The van der Waals surface area contributed by atoms with Gasteiger partial charge in [0.2, 0.25) is 5.91 Å². The number of hydrogen-bond donors (Lipinski definition) is 3. The fourth-order valence-electron chi connectivity index (χ4n) is 1.75. The van der Waals surface area contributed by atoms with Crippen molar-refractivity contribution in [3.05, 3.63) is 27.7 Å². The summed E-state index contributed by atoms with van der Waals surface area (Å²) in [4.78, 5) is 23.9. The Morgan fingerprint density at radius 2 is 1.95 bits per heavy atom. The van der Waals surface area contributed by atoms with E-state index in [0.717, 1.165) is 10.0 Å². The SMILES string of the molecule is CNC(=O)C(C)(C)CNC(=O)c1cc(Br)cc(N)c1C. The number of carbonyl (C=O) groups is 2. The highest BCUT2D eigenvalue weighted by Gasteiger charge is 2.27. The molecule has 6 heteroatoms. The third-order valence-corrected chi connectivity index (χ3v) is 3.65. The van der Waals surface area contributed by atoms with Gasteiger partial charge in [-0.1, -0.05) is 15.9 Å². The first-order chi connectivity index (χ1) is 9.19. The van der Waals surface area contributed by atoms with Gasteiger partial charge in [-0.3, -0.25) is 9.59 Å². The van der Waals surface area contributed by atoms with Crippen LogP contribution in [0.1, 0.15) is 29.8 Å². The molecule has 0 spiro atoms. The molecular weight excluding hydrogens is 322 g/mol. The minimum absolute atomic E-state index is 0.122. The van der Waals surface area contributed by atoms with Crippen LogP contribution in [0.25, 0.3) is 0 Å². The second-order valence-corrected chi connectivity index (χ2v) is 6.23. The van der Waals surface area contributed by atoms with Crippen molar-refractivity contribution < 1.29 is 9.59 Å². The number of benzene rings is 1. The van der Waals surface area contributed by atoms with Crippen molar-refractivity contribution in [2.24, 2.45) is 5.41 Å². The Morgan fingerprint density at radius 3 is 2.50 bits per heavy atom. The quantitative estimate of drug-likeness (QED) is 0.730. The van der Waals surface area contributed by atoms with Gasteiger partial charge in [-0.05, 0) is 38.5 Å². The summed E-state index contributed by atoms with van der Waals surface area (Å²) in [6.45, 7) is 5.58. The molecule has 0 aliphatic heterocycles. The molecule has 0 fully saturated rings. The lowest BCUT2D eigenvalue weighted by Gasteiger charge is -2.23. The van der Waals surface area contributed by atoms with Crippen LogP contribution in [0.15, 0.2) is 16.6 Å². The summed E-state index contributed by atoms with van der Waals surface area (Å²) in [7, 11) is 1.57. The lowest BCUT2D eigenvalue weighted by molar-refractivity contribution is -0.128. The maximum absolute atomic E-state index is 12.2. The molecule has 0 saturated heterocycles. The van der Waals surface area contributed by atoms with Gasteiger partial charge in [0.15, 0.2) is 0 Å². The molecule has 0 saturated carbocycles. The number of anilines is 1. The predicted molar refractivity (Wildman–Crippen MR) is 83.5 cm³/mol. The van der Waals surface area contributed by atoms with Gasteiger partial charge in [0.05, 0.1) is 5.41 Å². The zero-order valence-corrected chi connectivity index (χ0v) is 13.7. The predicted octanol–water partition coefficient (Wildman–Crippen LogP) is 1.84. The Balaban J connectivity index is 2.86. The third kappa shape index (κ3) is 3.72. The fraction of sp³-hybridized carbons (Fsp3) is 0.429. The van der Waals surface area contributed by atoms with Gasteiger partial charge in [-0.25, -0.2) is 0 Å². The van der Waals surface area contributed by atoms with Crippen LogP contribution in [0.4, 0.5) is 5.69 Å². The number of carbonyl (C=O) groups excluding carboxylic acids is 2. The second-order valence-electron chi connectivity index (χ2n) is 5.31. The van der Waals surface area contributed by atoms with Crippen LogP contribution in [0.5, 0.6) is 0 Å². The van der Waals surface area contributed by atoms with Gasteiger partial charge in [-0.2, -0.15) is 0 Å². The van der Waals surface area contributed by atoms with Gasteiger partial charge in [0.25, 0.3) is 5.91 Å². The topological polar surface area (TPSA) is 84.2 Å². The standard InChI is InChI=1S/C14H20BrN3O2/c1-8-10(5-9(15)6-11(8)16)12(19)18-7-14(2,3)13(20)17-4/h5-6H,7,16H2,1-4H3,(H,17,20)(H,18,19). The summed E-state index contributed by atoms with van der Waals surface area (Å²) in [5.41, 5.74) is 6.95. The molecule has 0 aliphatic rings. The molecule has 0 radical (unpaired) electrons. The molecule has 1 aromatic carbocycles. The maximum atomic E-state index is 12.2. The zero-order chi connectivity index (χ0) is 15.5. The molecule has 4 N–H and O–H groups in total. The number of nitrogens with two attached hydrogens (primary N) is 1. The molecule has 0 bridgehead atoms. The van der Waals surface area contributed by atoms with E-state index < -0.39 is 5.41 Å². The smallest absolute Gasteiger partial charge is 0.251 e. The second kappa shape index (κ2) is 6.26. The van der Waals surface area contributed by atoms with Gasteiger partial charge in [0, 0.05) is 29.3 Å². The van der Waals surface area contributed by atoms with E-state index in [1.165, 1.54) is 0 Å². The van der Waals surface area contributed by atoms with Crippen molar-refractivity contribution in [2.75, 3.05) is 19.3 Å². The number of nitrogen functional groups attached to an aromatic ring is 1. The Bertz CT molecular complexity index is 541. The molecule has 1 rings (SSSR count). The Kier molecular flexibility index (Phi) is 5.16. The maximum Gasteiger partial charge on any atom is 0.251 e. The van der Waals surface area contributed by atoms with Crippen molar-refractivity contribution in [3.8, 4) is 0 Å². The molecule has 0 atom stereocenters. The number of halogens is 1. The van der Waals surface area contributed by atoms with E-state index >= 15 is 0 Å². The van der Waals surface area contributed by atoms with E-state index in [2.05, 4.69) is 26.6 Å². The van der Waals surface area contributed by atoms with Crippen LogP contribution in [-0.4, -0.2) is 25.4 Å². The van der Waals surface area contributed by atoms with Crippen LogP contribution in [0, 0.1) is 12.3 Å². The zero-order valence-electron chi connectivity index (χ0n) is 12.1. The molecule has 110 valence electrons. The molecule has 2 amide bonds. The summed E-state index contributed by atoms with van der Waals surface area (Å²) < 4.78 is 0.747. The fourth-order valence-corrected chi connectivity index (χ4v) is 2.23. The molecule has 0 aliphatic carbocycles. The molecule has 5 nitrogen and oxygen atoms in total. The van der Waals surface area contributed by atoms with Crippen molar-refractivity contribution in [3.63, 3.8) is 0 Å². The van der Waals surface area contributed by atoms with Crippen LogP contribution in [-0.2, 0) is 4.79 Å². The summed E-state index contributed by atoms with van der Waals surface area (Å²) in [6, 6.07) is 3.47. The molecule has 0 unspecified atom stereocenters. The van der Waals surface area contributed by atoms with E-state index in [-0.39, 0.29) is 18.4 Å². The van der Waals surface area contributed by atoms with Crippen LogP contribution < -0.4 is 16.4 Å². The lowest BCUT2D eigenvalue weighted by Crippen LogP contribution is -2.43. The van der Waals surface area contributed by atoms with Gasteiger partial charge in [0.1, 0.15) is 0 Å². The van der Waals surface area contributed by atoms with Gasteiger partial charge in [-0.15, -0.1) is 0 Å². The Hall–Kier alpha value is -1.56. The van der Waals surface area contributed by atoms with E-state index in [4.69, 9.17) is 5.73 Å². The minimum Gasteiger partial charge on any atom is -0.398 e. The van der Waals surface area contributed by atoms with E-state index in [0.29, 0.717) is 11.3 Å². The first kappa shape index (κ1) is 16.5. The number of nitrogens with one attached hydrogen (secondary N) is 2. The number of rotatable bonds is 4. The molecule has 0 aromatic heterocycles. The summed E-state index contributed by atoms with van der Waals surface area (Å²) in [5, 5.41) is 5.35. The lowest BCUT2D eigenvalue weighted by atomic mass is 9.92. The monoisotopic (exact) mass is 341 g/mol. The first-order valence-electron chi connectivity index (χ1n) is 6.25. The molecule has 1 aromatic rings. The van der Waals surface area contributed by atoms with Crippen molar-refractivity contribution in [1.29, 1.82) is 0 Å². The summed E-state index contributed by atoms with van der Waals surface area (Å²) in [5.74, 6) is -0.365. The Labute approximate surface area is 127 Å². The van der Waals surface area contributed by atoms with Crippen molar-refractivity contribution >= 4 is 33.4 Å². The highest BCUT2D eigenvalue weighted by atomic mass is 79.9. The van der Waals surface area contributed by atoms with Crippen LogP contribution in [0.3, 0.4) is 0 Å². The minimum atomic E-state index is -0.671. The van der Waals surface area contributed by atoms with Crippen molar-refractivity contribution in [1.82, 2.24) is 10.6 Å². The summed E-state index contributed by atoms with van der Waals surface area (Å²) >= 11 is 3.32. The van der Waals surface area contributed by atoms with Crippen LogP contribution >= 0.6 is 15.9 Å². The first-order valence-corrected chi connectivity index (χ1v) is 7.04. The normalized spacial score (nSPS) is 11.1. The van der Waals surface area contributed by atoms with Crippen LogP contribution in [0.2, 0.25) is 0 Å². The number of amides is 2. The third-order valence-electron chi connectivity index (χ3n) is 3.19. The molecule has 20 heavy (non-hydrogen) atoms. The average Bonchev–Trinajstić information content (AvgIpc) is 2.39. The van der Waals surface area contributed by atoms with Crippen molar-refractivity contribution in [2.45, 2.75) is 20.8 Å². The van der Waals surface area contributed by atoms with Gasteiger partial charge < -0.3 is 16.4 Å². The van der Waals surface area contributed by atoms with E-state index in [9.17, 15) is 9.59 Å². The number of hydrogen-bond acceptors (Lipinski definition) is 3. The van der Waals surface area contributed by atoms with E-state index in [1.807, 2.05) is 0 Å². The Morgan fingerprint density at radius 1 is 1.35 bits per heavy atom. The average molecular weight is 342 g/mol.